The lowest BCUT2D eigenvalue weighted by Gasteiger charge is -2.42. The first kappa shape index (κ1) is 11.7. The molecule has 0 aromatic heterocycles. The minimum absolute atomic E-state index is 0.494. The Morgan fingerprint density at radius 2 is 2.07 bits per heavy atom. The van der Waals surface area contributed by atoms with Crippen LogP contribution in [0.1, 0.15) is 27.7 Å². The molecule has 1 heterocycles. The van der Waals surface area contributed by atoms with Crippen LogP contribution in [-0.4, -0.2) is 36.1 Å². The van der Waals surface area contributed by atoms with Gasteiger partial charge in [-0.15, -0.1) is 6.58 Å². The maximum absolute atomic E-state index is 3.88. The van der Waals surface area contributed by atoms with Crippen LogP contribution < -0.4 is 5.32 Å². The van der Waals surface area contributed by atoms with Crippen LogP contribution in [0.2, 0.25) is 0 Å². The second-order valence-corrected chi connectivity index (χ2v) is 4.78. The number of rotatable bonds is 3. The summed E-state index contributed by atoms with van der Waals surface area (Å²) in [6.07, 6.45) is 2.04. The van der Waals surface area contributed by atoms with Crippen LogP contribution in [-0.2, 0) is 0 Å². The van der Waals surface area contributed by atoms with E-state index < -0.39 is 0 Å². The van der Waals surface area contributed by atoms with Gasteiger partial charge in [-0.1, -0.05) is 19.9 Å². The van der Waals surface area contributed by atoms with E-state index in [9.17, 15) is 0 Å². The molecule has 0 radical (unpaired) electrons. The average molecular weight is 196 g/mol. The second-order valence-electron chi connectivity index (χ2n) is 4.78. The highest BCUT2D eigenvalue weighted by Gasteiger charge is 2.28. The zero-order chi connectivity index (χ0) is 10.7. The second kappa shape index (κ2) is 4.94. The zero-order valence-corrected chi connectivity index (χ0v) is 9.96. The van der Waals surface area contributed by atoms with Crippen molar-refractivity contribution in [2.75, 3.05) is 13.1 Å². The van der Waals surface area contributed by atoms with E-state index in [0.29, 0.717) is 24.0 Å². The summed E-state index contributed by atoms with van der Waals surface area (Å²) in [6, 6.07) is 1.75. The van der Waals surface area contributed by atoms with Crippen molar-refractivity contribution in [1.29, 1.82) is 0 Å². The molecule has 1 aliphatic heterocycles. The SMILES string of the molecule is C=CC(C)N1CC(C(C)C)NCC1C. The van der Waals surface area contributed by atoms with Gasteiger partial charge in [0.2, 0.25) is 0 Å². The molecule has 0 aromatic rings. The highest BCUT2D eigenvalue weighted by atomic mass is 15.2. The van der Waals surface area contributed by atoms with Gasteiger partial charge in [0.1, 0.15) is 0 Å². The lowest BCUT2D eigenvalue weighted by Crippen LogP contribution is -2.59. The van der Waals surface area contributed by atoms with Gasteiger partial charge in [0, 0.05) is 31.2 Å². The van der Waals surface area contributed by atoms with E-state index >= 15 is 0 Å². The summed E-state index contributed by atoms with van der Waals surface area (Å²) in [5.74, 6) is 0.710. The Hall–Kier alpha value is -0.340. The molecular formula is C12H24N2. The van der Waals surface area contributed by atoms with Crippen LogP contribution in [0.4, 0.5) is 0 Å². The Morgan fingerprint density at radius 1 is 1.43 bits per heavy atom. The third-order valence-electron chi connectivity index (χ3n) is 3.32. The maximum atomic E-state index is 3.88. The fraction of sp³-hybridized carbons (Fsp3) is 0.833. The van der Waals surface area contributed by atoms with Crippen LogP contribution in [0.25, 0.3) is 0 Å². The molecule has 0 saturated carbocycles. The monoisotopic (exact) mass is 196 g/mol. The first-order valence-corrected chi connectivity index (χ1v) is 5.68. The number of piperazine rings is 1. The predicted octanol–water partition coefficient (Wildman–Crippen LogP) is 1.88. The Bertz CT molecular complexity index is 189. The maximum Gasteiger partial charge on any atom is 0.0251 e. The van der Waals surface area contributed by atoms with Crippen molar-refractivity contribution in [1.82, 2.24) is 10.2 Å². The molecule has 1 saturated heterocycles. The molecule has 3 atom stereocenters. The number of hydrogen-bond acceptors (Lipinski definition) is 2. The van der Waals surface area contributed by atoms with E-state index in [1.165, 1.54) is 0 Å². The van der Waals surface area contributed by atoms with E-state index in [1.807, 2.05) is 6.08 Å². The smallest absolute Gasteiger partial charge is 0.0251 e. The van der Waals surface area contributed by atoms with Crippen molar-refractivity contribution in [3.05, 3.63) is 12.7 Å². The molecule has 1 rings (SSSR count). The molecule has 0 aliphatic carbocycles. The molecule has 2 nitrogen and oxygen atoms in total. The largest absolute Gasteiger partial charge is 0.311 e. The van der Waals surface area contributed by atoms with Crippen LogP contribution in [0, 0.1) is 5.92 Å². The van der Waals surface area contributed by atoms with Gasteiger partial charge in [0.15, 0.2) is 0 Å². The first-order valence-electron chi connectivity index (χ1n) is 5.68. The molecular weight excluding hydrogens is 172 g/mol. The summed E-state index contributed by atoms with van der Waals surface area (Å²) in [5.41, 5.74) is 0. The van der Waals surface area contributed by atoms with Crippen molar-refractivity contribution >= 4 is 0 Å². The minimum atomic E-state index is 0.494. The molecule has 0 aromatic carbocycles. The van der Waals surface area contributed by atoms with E-state index in [2.05, 4.69) is 44.5 Å². The lowest BCUT2D eigenvalue weighted by molar-refractivity contribution is 0.104. The van der Waals surface area contributed by atoms with Gasteiger partial charge >= 0.3 is 0 Å². The predicted molar refractivity (Wildman–Crippen MR) is 62.5 cm³/mol. The Kier molecular flexibility index (Phi) is 4.14. The molecule has 1 fully saturated rings. The third-order valence-corrected chi connectivity index (χ3v) is 3.32. The van der Waals surface area contributed by atoms with Gasteiger partial charge in [-0.2, -0.15) is 0 Å². The number of nitrogens with zero attached hydrogens (tertiary/aromatic N) is 1. The third kappa shape index (κ3) is 2.58. The number of nitrogens with one attached hydrogen (secondary N) is 1. The summed E-state index contributed by atoms with van der Waals surface area (Å²) in [6.45, 7) is 15.2. The van der Waals surface area contributed by atoms with Crippen LogP contribution in [0.5, 0.6) is 0 Å². The topological polar surface area (TPSA) is 15.3 Å². The Balaban J connectivity index is 2.59. The summed E-state index contributed by atoms with van der Waals surface area (Å²) >= 11 is 0. The fourth-order valence-corrected chi connectivity index (χ4v) is 2.06. The zero-order valence-electron chi connectivity index (χ0n) is 9.96. The summed E-state index contributed by atoms with van der Waals surface area (Å²) in [4.78, 5) is 2.54. The van der Waals surface area contributed by atoms with Crippen molar-refractivity contribution in [2.24, 2.45) is 5.92 Å². The molecule has 14 heavy (non-hydrogen) atoms. The molecule has 1 aliphatic rings. The molecule has 2 heteroatoms. The molecule has 82 valence electrons. The normalized spacial score (nSPS) is 31.8. The van der Waals surface area contributed by atoms with Crippen molar-refractivity contribution in [2.45, 2.75) is 45.8 Å². The van der Waals surface area contributed by atoms with Crippen molar-refractivity contribution in [3.8, 4) is 0 Å². The van der Waals surface area contributed by atoms with E-state index in [4.69, 9.17) is 0 Å². The van der Waals surface area contributed by atoms with Gasteiger partial charge in [-0.3, -0.25) is 4.90 Å². The molecule has 3 unspecified atom stereocenters. The van der Waals surface area contributed by atoms with Gasteiger partial charge in [0.25, 0.3) is 0 Å². The Labute approximate surface area is 88.4 Å². The highest BCUT2D eigenvalue weighted by Crippen LogP contribution is 2.15. The standard InChI is InChI=1S/C12H24N2/c1-6-10(4)14-8-12(9(2)3)13-7-11(14)5/h6,9-13H,1,7-8H2,2-5H3. The first-order chi connectivity index (χ1) is 6.56. The van der Waals surface area contributed by atoms with Gasteiger partial charge in [0.05, 0.1) is 0 Å². The summed E-state index contributed by atoms with van der Waals surface area (Å²) < 4.78 is 0. The van der Waals surface area contributed by atoms with Crippen LogP contribution in [0.3, 0.4) is 0 Å². The molecule has 1 N–H and O–H groups in total. The minimum Gasteiger partial charge on any atom is -0.311 e. The van der Waals surface area contributed by atoms with Gasteiger partial charge in [-0.25, -0.2) is 0 Å². The molecule has 0 amide bonds. The quantitative estimate of drug-likeness (QED) is 0.693. The molecule has 0 spiro atoms. The highest BCUT2D eigenvalue weighted by molar-refractivity contribution is 4.93. The van der Waals surface area contributed by atoms with E-state index in [1.54, 1.807) is 0 Å². The summed E-state index contributed by atoms with van der Waals surface area (Å²) in [7, 11) is 0. The Morgan fingerprint density at radius 3 is 2.57 bits per heavy atom. The van der Waals surface area contributed by atoms with Gasteiger partial charge < -0.3 is 5.32 Å². The average Bonchev–Trinajstić information content (AvgIpc) is 2.17. The van der Waals surface area contributed by atoms with E-state index in [-0.39, 0.29) is 0 Å². The van der Waals surface area contributed by atoms with Crippen molar-refractivity contribution in [3.63, 3.8) is 0 Å². The van der Waals surface area contributed by atoms with Gasteiger partial charge in [-0.05, 0) is 19.8 Å². The van der Waals surface area contributed by atoms with Crippen molar-refractivity contribution < 1.29 is 0 Å². The summed E-state index contributed by atoms with van der Waals surface area (Å²) in [5, 5.41) is 3.60. The fourth-order valence-electron chi connectivity index (χ4n) is 2.06. The number of hydrogen-bond donors (Lipinski definition) is 1. The molecule has 0 bridgehead atoms. The lowest BCUT2D eigenvalue weighted by atomic mass is 9.98. The van der Waals surface area contributed by atoms with E-state index in [0.717, 1.165) is 13.1 Å². The van der Waals surface area contributed by atoms with Crippen LogP contribution in [0.15, 0.2) is 12.7 Å². The van der Waals surface area contributed by atoms with Crippen LogP contribution >= 0.6 is 0 Å².